The van der Waals surface area contributed by atoms with Crippen LogP contribution in [0, 0.1) is 46.3 Å². The second kappa shape index (κ2) is 8.30. The molecule has 2 heteroatoms. The first-order valence-electron chi connectivity index (χ1n) is 12.8. The van der Waals surface area contributed by atoms with Gasteiger partial charge >= 0.3 is 0 Å². The van der Waals surface area contributed by atoms with Crippen molar-refractivity contribution in [3.8, 4) is 0 Å². The molecule has 2 nitrogen and oxygen atoms in total. The molecule has 2 N–H and O–H groups in total. The molecule has 0 radical (unpaired) electrons. The summed E-state index contributed by atoms with van der Waals surface area (Å²) in [7, 11) is 0. The molecule has 3 fully saturated rings. The second-order valence-electron chi connectivity index (χ2n) is 12.1. The summed E-state index contributed by atoms with van der Waals surface area (Å²) in [4.78, 5) is 0. The third-order valence-corrected chi connectivity index (χ3v) is 10.3. The van der Waals surface area contributed by atoms with Crippen LogP contribution in [0.25, 0.3) is 0 Å². The maximum absolute atomic E-state index is 10.6. The molecule has 3 saturated carbocycles. The Bertz CT molecular complexity index is 610. The minimum atomic E-state index is -0.186. The van der Waals surface area contributed by atoms with Crippen molar-refractivity contribution in [1.29, 1.82) is 0 Å². The fourth-order valence-corrected chi connectivity index (χ4v) is 8.76. The fraction of sp³-hybridized carbons (Fsp3) is 0.926. The summed E-state index contributed by atoms with van der Waals surface area (Å²) in [5.74, 6) is 4.82. The zero-order chi connectivity index (χ0) is 20.8. The van der Waals surface area contributed by atoms with Crippen molar-refractivity contribution >= 4 is 0 Å². The Morgan fingerprint density at radius 3 is 2.55 bits per heavy atom. The molecule has 0 amide bonds. The van der Waals surface area contributed by atoms with Gasteiger partial charge in [-0.2, -0.15) is 0 Å². The molecule has 4 aliphatic carbocycles. The van der Waals surface area contributed by atoms with Gasteiger partial charge in [0, 0.05) is 5.41 Å². The van der Waals surface area contributed by atoms with Crippen LogP contribution >= 0.6 is 0 Å². The number of hydrogen-bond donors (Lipinski definition) is 2. The molecule has 0 saturated heterocycles. The number of hydrogen-bond acceptors (Lipinski definition) is 2. The Morgan fingerprint density at radius 1 is 1.03 bits per heavy atom. The summed E-state index contributed by atoms with van der Waals surface area (Å²) < 4.78 is 0. The van der Waals surface area contributed by atoms with Gasteiger partial charge in [0.25, 0.3) is 0 Å². The SMILES string of the molecule is CC(C)CCC[C@H](C)[C@H]1CC[C@H]2[C@@H]3CC=C4C[C@H](O)CC[C@]4(CO)[C@H]3CC[C@]12C. The Morgan fingerprint density at radius 2 is 1.83 bits per heavy atom. The highest BCUT2D eigenvalue weighted by Crippen LogP contribution is 2.67. The summed E-state index contributed by atoms with van der Waals surface area (Å²) in [6.45, 7) is 10.2. The normalized spacial score (nSPS) is 45.3. The molecule has 4 rings (SSSR count). The Hall–Kier alpha value is -0.340. The van der Waals surface area contributed by atoms with E-state index in [0.29, 0.717) is 17.9 Å². The van der Waals surface area contributed by atoms with E-state index in [4.69, 9.17) is 0 Å². The van der Waals surface area contributed by atoms with Crippen LogP contribution in [-0.4, -0.2) is 22.9 Å². The van der Waals surface area contributed by atoms with Crippen LogP contribution in [0.5, 0.6) is 0 Å². The van der Waals surface area contributed by atoms with Crippen molar-refractivity contribution in [1.82, 2.24) is 0 Å². The molecule has 0 aromatic heterocycles. The number of fused-ring (bicyclic) bond motifs is 5. The van der Waals surface area contributed by atoms with E-state index in [1.165, 1.54) is 56.9 Å². The minimum Gasteiger partial charge on any atom is -0.395 e. The van der Waals surface area contributed by atoms with Crippen molar-refractivity contribution in [2.45, 2.75) is 104 Å². The maximum atomic E-state index is 10.6. The molecule has 0 aromatic rings. The average molecular weight is 403 g/mol. The zero-order valence-electron chi connectivity index (χ0n) is 19.5. The second-order valence-corrected chi connectivity index (χ2v) is 12.1. The summed E-state index contributed by atoms with van der Waals surface area (Å²) in [5, 5.41) is 20.8. The van der Waals surface area contributed by atoms with Crippen molar-refractivity contribution in [2.24, 2.45) is 46.3 Å². The summed E-state index contributed by atoms with van der Waals surface area (Å²) in [5.41, 5.74) is 1.90. The first-order chi connectivity index (χ1) is 13.8. The molecule has 0 aromatic carbocycles. The highest BCUT2D eigenvalue weighted by atomic mass is 16.3. The van der Waals surface area contributed by atoms with Crippen molar-refractivity contribution in [2.75, 3.05) is 6.61 Å². The van der Waals surface area contributed by atoms with Crippen LogP contribution in [0.1, 0.15) is 98.3 Å². The van der Waals surface area contributed by atoms with E-state index in [2.05, 4.69) is 33.8 Å². The van der Waals surface area contributed by atoms with Gasteiger partial charge < -0.3 is 10.2 Å². The largest absolute Gasteiger partial charge is 0.395 e. The predicted molar refractivity (Wildman–Crippen MR) is 120 cm³/mol. The minimum absolute atomic E-state index is 0.00948. The lowest BCUT2D eigenvalue weighted by atomic mass is 9.46. The van der Waals surface area contributed by atoms with Crippen LogP contribution in [0.4, 0.5) is 0 Å². The topological polar surface area (TPSA) is 40.5 Å². The Kier molecular flexibility index (Phi) is 6.26. The van der Waals surface area contributed by atoms with Gasteiger partial charge in [-0.1, -0.05) is 58.6 Å². The fourth-order valence-electron chi connectivity index (χ4n) is 8.76. The first kappa shape index (κ1) is 21.9. The molecular formula is C27H46O2. The molecule has 0 heterocycles. The smallest absolute Gasteiger partial charge is 0.0577 e. The van der Waals surface area contributed by atoms with Crippen LogP contribution in [0.15, 0.2) is 11.6 Å². The standard InChI is InChI=1S/C27H46O2/c1-18(2)6-5-7-19(3)23-10-11-24-22-9-8-20-16-21(29)12-15-27(20,17-28)25(22)13-14-26(23,24)4/h8,18-19,21-25,28-29H,5-7,9-17H2,1-4H3/t19-,21+,22-,23+,24-,25-,26+,27+/m0/s1. The predicted octanol–water partition coefficient (Wildman–Crippen LogP) is 6.36. The van der Waals surface area contributed by atoms with E-state index >= 15 is 0 Å². The average Bonchev–Trinajstić information content (AvgIpc) is 3.04. The number of aliphatic hydroxyl groups is 2. The van der Waals surface area contributed by atoms with Crippen LogP contribution in [-0.2, 0) is 0 Å². The van der Waals surface area contributed by atoms with Crippen LogP contribution in [0.3, 0.4) is 0 Å². The van der Waals surface area contributed by atoms with Gasteiger partial charge in [0.2, 0.25) is 0 Å². The van der Waals surface area contributed by atoms with E-state index in [-0.39, 0.29) is 11.5 Å². The molecule has 29 heavy (non-hydrogen) atoms. The van der Waals surface area contributed by atoms with Gasteiger partial charge in [0.05, 0.1) is 12.7 Å². The molecule has 0 unspecified atom stereocenters. The van der Waals surface area contributed by atoms with Gasteiger partial charge in [0.1, 0.15) is 0 Å². The van der Waals surface area contributed by atoms with Crippen LogP contribution < -0.4 is 0 Å². The lowest BCUT2D eigenvalue weighted by molar-refractivity contribution is -0.0795. The van der Waals surface area contributed by atoms with E-state index in [1.807, 2.05) is 0 Å². The summed E-state index contributed by atoms with van der Waals surface area (Å²) in [6, 6.07) is 0. The lowest BCUT2D eigenvalue weighted by Crippen LogP contribution is -2.53. The summed E-state index contributed by atoms with van der Waals surface area (Å²) >= 11 is 0. The van der Waals surface area contributed by atoms with Gasteiger partial charge in [-0.05, 0) is 92.3 Å². The van der Waals surface area contributed by atoms with E-state index in [0.717, 1.165) is 48.9 Å². The van der Waals surface area contributed by atoms with Crippen LogP contribution in [0.2, 0.25) is 0 Å². The molecule has 4 aliphatic rings. The van der Waals surface area contributed by atoms with E-state index < -0.39 is 0 Å². The zero-order valence-corrected chi connectivity index (χ0v) is 19.5. The highest BCUT2D eigenvalue weighted by Gasteiger charge is 2.60. The molecule has 0 bridgehead atoms. The van der Waals surface area contributed by atoms with Gasteiger partial charge in [-0.15, -0.1) is 0 Å². The van der Waals surface area contributed by atoms with Crippen molar-refractivity contribution < 1.29 is 10.2 Å². The quantitative estimate of drug-likeness (QED) is 0.507. The van der Waals surface area contributed by atoms with E-state index in [1.54, 1.807) is 0 Å². The maximum Gasteiger partial charge on any atom is 0.0577 e. The van der Waals surface area contributed by atoms with Gasteiger partial charge in [-0.3, -0.25) is 0 Å². The Balaban J connectivity index is 1.51. The van der Waals surface area contributed by atoms with Gasteiger partial charge in [0.15, 0.2) is 0 Å². The molecular weight excluding hydrogens is 356 g/mol. The monoisotopic (exact) mass is 402 g/mol. The number of allylic oxidation sites excluding steroid dienone is 1. The third kappa shape index (κ3) is 3.65. The Labute approximate surface area is 179 Å². The number of aliphatic hydroxyl groups excluding tert-OH is 2. The summed E-state index contributed by atoms with van der Waals surface area (Å²) in [6.07, 6.45) is 15.8. The van der Waals surface area contributed by atoms with Crippen molar-refractivity contribution in [3.05, 3.63) is 11.6 Å². The third-order valence-electron chi connectivity index (χ3n) is 10.3. The lowest BCUT2D eigenvalue weighted by Gasteiger charge is -2.59. The molecule has 0 aliphatic heterocycles. The van der Waals surface area contributed by atoms with Crippen molar-refractivity contribution in [3.63, 3.8) is 0 Å². The first-order valence-corrected chi connectivity index (χ1v) is 12.8. The van der Waals surface area contributed by atoms with E-state index in [9.17, 15) is 10.2 Å². The molecule has 166 valence electrons. The molecule has 8 atom stereocenters. The highest BCUT2D eigenvalue weighted by molar-refractivity contribution is 5.26. The molecule has 0 spiro atoms. The number of rotatable bonds is 6. The van der Waals surface area contributed by atoms with Gasteiger partial charge in [-0.25, -0.2) is 0 Å².